The quantitative estimate of drug-likeness (QED) is 0.837. The summed E-state index contributed by atoms with van der Waals surface area (Å²) < 4.78 is 0. The summed E-state index contributed by atoms with van der Waals surface area (Å²) in [4.78, 5) is 18.8. The summed E-state index contributed by atoms with van der Waals surface area (Å²) in [6.45, 7) is 4.26. The Morgan fingerprint density at radius 3 is 2.54 bits per heavy atom. The van der Waals surface area contributed by atoms with Gasteiger partial charge in [0.1, 0.15) is 0 Å². The van der Waals surface area contributed by atoms with Crippen molar-refractivity contribution in [1.82, 2.24) is 9.80 Å². The fourth-order valence-corrected chi connectivity index (χ4v) is 5.02. The number of carbonyl (C=O) groups excluding carboxylic acids is 1. The van der Waals surface area contributed by atoms with Gasteiger partial charge in [-0.15, -0.1) is 11.3 Å². The molecule has 1 aromatic carbocycles. The maximum absolute atomic E-state index is 13.0. The molecule has 0 radical (unpaired) electrons. The van der Waals surface area contributed by atoms with Crippen LogP contribution in [0.1, 0.15) is 44.8 Å². The number of hydrogen-bond donors (Lipinski definition) is 0. The molecule has 0 saturated carbocycles. The van der Waals surface area contributed by atoms with Crippen LogP contribution in [0.15, 0.2) is 29.6 Å². The summed E-state index contributed by atoms with van der Waals surface area (Å²) in [5.74, 6) is 0.224. The first-order valence-electron chi connectivity index (χ1n) is 9.34. The van der Waals surface area contributed by atoms with Crippen LogP contribution in [0.3, 0.4) is 0 Å². The van der Waals surface area contributed by atoms with E-state index in [1.54, 1.807) is 11.3 Å². The van der Waals surface area contributed by atoms with Gasteiger partial charge in [-0.1, -0.05) is 12.1 Å². The Bertz CT molecular complexity index is 826. The third kappa shape index (κ3) is 3.53. The Morgan fingerprint density at radius 1 is 1.08 bits per heavy atom. The van der Waals surface area contributed by atoms with Crippen LogP contribution in [0.5, 0.6) is 0 Å². The van der Waals surface area contributed by atoms with E-state index in [9.17, 15) is 4.79 Å². The van der Waals surface area contributed by atoms with E-state index in [4.69, 9.17) is 5.26 Å². The molecule has 1 aromatic heterocycles. The molecule has 1 aliphatic heterocycles. The minimum Gasteiger partial charge on any atom is -0.336 e. The first-order chi connectivity index (χ1) is 12.7. The van der Waals surface area contributed by atoms with Gasteiger partial charge in [0, 0.05) is 43.0 Å². The van der Waals surface area contributed by atoms with Crippen LogP contribution in [-0.4, -0.2) is 41.9 Å². The molecule has 2 aromatic rings. The number of rotatable bonds is 3. The van der Waals surface area contributed by atoms with Gasteiger partial charge >= 0.3 is 0 Å². The van der Waals surface area contributed by atoms with Crippen LogP contribution in [0.25, 0.3) is 0 Å². The second-order valence-electron chi connectivity index (χ2n) is 7.14. The van der Waals surface area contributed by atoms with Crippen LogP contribution in [0.4, 0.5) is 0 Å². The number of nitriles is 1. The predicted octanol–water partition coefficient (Wildman–Crippen LogP) is 3.46. The molecule has 2 heterocycles. The Kier molecular flexibility index (Phi) is 5.05. The monoisotopic (exact) mass is 365 g/mol. The van der Waals surface area contributed by atoms with Crippen LogP contribution in [0.2, 0.25) is 0 Å². The van der Waals surface area contributed by atoms with E-state index < -0.39 is 0 Å². The number of benzene rings is 1. The molecular formula is C21H23N3OS. The minimum atomic E-state index is 0.224. The van der Waals surface area contributed by atoms with Crippen LogP contribution < -0.4 is 0 Å². The van der Waals surface area contributed by atoms with E-state index in [1.807, 2.05) is 29.2 Å². The molecule has 0 atom stereocenters. The first-order valence-corrected chi connectivity index (χ1v) is 10.2. The largest absolute Gasteiger partial charge is 0.336 e. The SMILES string of the molecule is N#Cc1ccc(CN2CCN(C(=O)c3csc4c3CCCC4)CC2)cc1. The van der Waals surface area contributed by atoms with Gasteiger partial charge in [0.15, 0.2) is 0 Å². The molecule has 1 amide bonds. The number of amides is 1. The topological polar surface area (TPSA) is 47.3 Å². The second kappa shape index (κ2) is 7.61. The van der Waals surface area contributed by atoms with E-state index in [2.05, 4.69) is 16.3 Å². The molecule has 4 nitrogen and oxygen atoms in total. The van der Waals surface area contributed by atoms with E-state index in [1.165, 1.54) is 28.8 Å². The molecule has 1 saturated heterocycles. The standard InChI is InChI=1S/C21H23N3OS/c22-13-16-5-7-17(8-6-16)14-23-9-11-24(12-10-23)21(25)19-15-26-20-4-2-1-3-18(19)20/h5-8,15H,1-4,9-12,14H2. The summed E-state index contributed by atoms with van der Waals surface area (Å²) in [5, 5.41) is 11.0. The smallest absolute Gasteiger partial charge is 0.255 e. The Hall–Kier alpha value is -2.16. The van der Waals surface area contributed by atoms with Gasteiger partial charge in [-0.2, -0.15) is 5.26 Å². The van der Waals surface area contributed by atoms with Gasteiger partial charge in [-0.3, -0.25) is 9.69 Å². The van der Waals surface area contributed by atoms with Gasteiger partial charge in [0.2, 0.25) is 0 Å². The zero-order valence-electron chi connectivity index (χ0n) is 14.9. The predicted molar refractivity (Wildman–Crippen MR) is 103 cm³/mol. The fourth-order valence-electron chi connectivity index (χ4n) is 3.90. The highest BCUT2D eigenvalue weighted by atomic mass is 32.1. The minimum absolute atomic E-state index is 0.224. The number of nitrogens with zero attached hydrogens (tertiary/aromatic N) is 3. The van der Waals surface area contributed by atoms with Crippen LogP contribution >= 0.6 is 11.3 Å². The third-order valence-electron chi connectivity index (χ3n) is 5.44. The Labute approximate surface area is 158 Å². The van der Waals surface area contributed by atoms with Crippen molar-refractivity contribution in [1.29, 1.82) is 5.26 Å². The van der Waals surface area contributed by atoms with Crippen molar-refractivity contribution < 1.29 is 4.79 Å². The number of thiophene rings is 1. The molecule has 2 aliphatic rings. The van der Waals surface area contributed by atoms with Gasteiger partial charge in [0.25, 0.3) is 5.91 Å². The molecule has 26 heavy (non-hydrogen) atoms. The lowest BCUT2D eigenvalue weighted by Gasteiger charge is -2.35. The summed E-state index contributed by atoms with van der Waals surface area (Å²) in [7, 11) is 0. The lowest BCUT2D eigenvalue weighted by atomic mass is 9.95. The molecular weight excluding hydrogens is 342 g/mol. The number of carbonyl (C=O) groups is 1. The zero-order chi connectivity index (χ0) is 17.9. The summed E-state index contributed by atoms with van der Waals surface area (Å²) >= 11 is 1.77. The van der Waals surface area contributed by atoms with Crippen molar-refractivity contribution in [3.8, 4) is 6.07 Å². The normalized spacial score (nSPS) is 17.6. The molecule has 0 bridgehead atoms. The average molecular weight is 366 g/mol. The van der Waals surface area contributed by atoms with E-state index in [-0.39, 0.29) is 5.91 Å². The molecule has 0 unspecified atom stereocenters. The van der Waals surface area contributed by atoms with Crippen molar-refractivity contribution in [3.63, 3.8) is 0 Å². The lowest BCUT2D eigenvalue weighted by Crippen LogP contribution is -2.48. The van der Waals surface area contributed by atoms with Crippen molar-refractivity contribution in [2.24, 2.45) is 0 Å². The van der Waals surface area contributed by atoms with Crippen molar-refractivity contribution in [2.75, 3.05) is 26.2 Å². The molecule has 1 aliphatic carbocycles. The maximum Gasteiger partial charge on any atom is 0.255 e. The molecule has 0 N–H and O–H groups in total. The van der Waals surface area contributed by atoms with E-state index in [0.717, 1.165) is 51.1 Å². The van der Waals surface area contributed by atoms with Gasteiger partial charge < -0.3 is 4.90 Å². The van der Waals surface area contributed by atoms with E-state index in [0.29, 0.717) is 5.56 Å². The Morgan fingerprint density at radius 2 is 1.81 bits per heavy atom. The fraction of sp³-hybridized carbons (Fsp3) is 0.429. The van der Waals surface area contributed by atoms with E-state index >= 15 is 0 Å². The van der Waals surface area contributed by atoms with Crippen molar-refractivity contribution in [2.45, 2.75) is 32.2 Å². The molecule has 0 spiro atoms. The molecule has 134 valence electrons. The summed E-state index contributed by atoms with van der Waals surface area (Å²) in [6.07, 6.45) is 4.68. The highest BCUT2D eigenvalue weighted by Gasteiger charge is 2.26. The van der Waals surface area contributed by atoms with Crippen molar-refractivity contribution >= 4 is 17.2 Å². The highest BCUT2D eigenvalue weighted by Crippen LogP contribution is 2.31. The summed E-state index contributed by atoms with van der Waals surface area (Å²) in [5.41, 5.74) is 4.20. The molecule has 4 rings (SSSR count). The number of hydrogen-bond acceptors (Lipinski definition) is 4. The number of piperazine rings is 1. The Balaban J connectivity index is 1.35. The van der Waals surface area contributed by atoms with Gasteiger partial charge in [-0.05, 0) is 48.9 Å². The van der Waals surface area contributed by atoms with Crippen molar-refractivity contribution in [3.05, 3.63) is 56.8 Å². The summed E-state index contributed by atoms with van der Waals surface area (Å²) in [6, 6.07) is 9.94. The second-order valence-corrected chi connectivity index (χ2v) is 8.10. The zero-order valence-corrected chi connectivity index (χ0v) is 15.7. The lowest BCUT2D eigenvalue weighted by molar-refractivity contribution is 0.0627. The highest BCUT2D eigenvalue weighted by molar-refractivity contribution is 7.10. The number of fused-ring (bicyclic) bond motifs is 1. The van der Waals surface area contributed by atoms with Gasteiger partial charge in [-0.25, -0.2) is 0 Å². The van der Waals surface area contributed by atoms with Gasteiger partial charge in [0.05, 0.1) is 17.2 Å². The molecule has 5 heteroatoms. The third-order valence-corrected chi connectivity index (χ3v) is 6.53. The average Bonchev–Trinajstić information content (AvgIpc) is 3.13. The van der Waals surface area contributed by atoms with Crippen LogP contribution in [0, 0.1) is 11.3 Å². The number of aryl methyl sites for hydroxylation is 1. The van der Waals surface area contributed by atoms with Crippen LogP contribution in [-0.2, 0) is 19.4 Å². The first kappa shape index (κ1) is 17.3. The maximum atomic E-state index is 13.0. The molecule has 1 fully saturated rings.